The first-order valence-electron chi connectivity index (χ1n) is 6.97. The molecule has 5 nitrogen and oxygen atoms in total. The molecular weight excluding hydrogens is 427 g/mol. The minimum absolute atomic E-state index is 0.165. The first-order chi connectivity index (χ1) is 10.8. The van der Waals surface area contributed by atoms with Crippen molar-refractivity contribution >= 4 is 44.2 Å². The van der Waals surface area contributed by atoms with E-state index < -0.39 is 10.0 Å². The van der Waals surface area contributed by atoms with Crippen LogP contribution in [0.5, 0.6) is 0 Å². The summed E-state index contributed by atoms with van der Waals surface area (Å²) in [4.78, 5) is 12.3. The van der Waals surface area contributed by atoms with Crippen LogP contribution < -0.4 is 10.0 Å². The first kappa shape index (κ1) is 17.9. The molecule has 2 N–H and O–H groups in total. The van der Waals surface area contributed by atoms with Gasteiger partial charge in [-0.05, 0) is 78.9 Å². The molecule has 0 saturated heterocycles. The Kier molecular flexibility index (Phi) is 5.77. The van der Waals surface area contributed by atoms with Crippen molar-refractivity contribution in [2.45, 2.75) is 24.8 Å². The number of anilines is 1. The van der Waals surface area contributed by atoms with Crippen molar-refractivity contribution < 1.29 is 13.2 Å². The van der Waals surface area contributed by atoms with Crippen LogP contribution in [-0.2, 0) is 10.0 Å². The van der Waals surface area contributed by atoms with Gasteiger partial charge in [0, 0.05) is 20.9 Å². The molecule has 0 aromatic heterocycles. The summed E-state index contributed by atoms with van der Waals surface area (Å²) < 4.78 is 27.6. The highest BCUT2D eigenvalue weighted by Gasteiger charge is 2.15. The van der Waals surface area contributed by atoms with Crippen molar-refractivity contribution in [3.63, 3.8) is 0 Å². The van der Waals surface area contributed by atoms with E-state index in [0.29, 0.717) is 11.3 Å². The number of hydrogen-bond donors (Lipinski definition) is 2. The summed E-state index contributed by atoms with van der Waals surface area (Å²) in [5.41, 5.74) is 1.09. The number of hydrogen-bond acceptors (Lipinski definition) is 3. The molecule has 0 radical (unpaired) electrons. The molecule has 0 spiro atoms. The molecule has 0 aliphatic heterocycles. The molecule has 0 bridgehead atoms. The minimum atomic E-state index is -3.53. The predicted molar refractivity (Wildman–Crippen MR) is 99.0 cm³/mol. The standard InChI is InChI=1S/C16H17IN2O3S/c1-11(2)19-23(21,22)15-8-6-14(7-9-15)18-16(20)12-4-3-5-13(17)10-12/h3-11,19H,1-2H3,(H,18,20). The number of carbonyl (C=O) groups excluding carboxylic acids is 1. The maximum atomic E-state index is 12.1. The first-order valence-corrected chi connectivity index (χ1v) is 9.53. The van der Waals surface area contributed by atoms with Crippen LogP contribution >= 0.6 is 22.6 Å². The molecule has 0 aliphatic carbocycles. The van der Waals surface area contributed by atoms with Crippen LogP contribution in [0.1, 0.15) is 24.2 Å². The van der Waals surface area contributed by atoms with Gasteiger partial charge in [-0.1, -0.05) is 6.07 Å². The average Bonchev–Trinajstić information content (AvgIpc) is 2.46. The Balaban J connectivity index is 2.13. The third-order valence-electron chi connectivity index (χ3n) is 2.90. The summed E-state index contributed by atoms with van der Waals surface area (Å²) in [6.45, 7) is 3.51. The highest BCUT2D eigenvalue weighted by Crippen LogP contribution is 2.16. The van der Waals surface area contributed by atoms with Crippen LogP contribution in [0.15, 0.2) is 53.4 Å². The number of amides is 1. The predicted octanol–water partition coefficient (Wildman–Crippen LogP) is 3.23. The maximum absolute atomic E-state index is 12.1. The zero-order valence-corrected chi connectivity index (χ0v) is 15.7. The van der Waals surface area contributed by atoms with Crippen LogP contribution in [0.25, 0.3) is 0 Å². The van der Waals surface area contributed by atoms with E-state index in [1.54, 1.807) is 38.1 Å². The van der Waals surface area contributed by atoms with Crippen molar-refractivity contribution in [1.82, 2.24) is 4.72 Å². The van der Waals surface area contributed by atoms with Gasteiger partial charge < -0.3 is 5.32 Å². The normalized spacial score (nSPS) is 11.5. The van der Waals surface area contributed by atoms with Crippen LogP contribution in [0.3, 0.4) is 0 Å². The molecular formula is C16H17IN2O3S. The molecule has 0 aliphatic rings. The van der Waals surface area contributed by atoms with E-state index in [4.69, 9.17) is 0 Å². The lowest BCUT2D eigenvalue weighted by Crippen LogP contribution is -2.30. The van der Waals surface area contributed by atoms with Crippen molar-refractivity contribution in [1.29, 1.82) is 0 Å². The van der Waals surface area contributed by atoms with Crippen molar-refractivity contribution in [3.8, 4) is 0 Å². The van der Waals surface area contributed by atoms with Gasteiger partial charge in [-0.25, -0.2) is 13.1 Å². The van der Waals surface area contributed by atoms with Gasteiger partial charge in [0.25, 0.3) is 5.91 Å². The Morgan fingerprint density at radius 2 is 1.74 bits per heavy atom. The van der Waals surface area contributed by atoms with E-state index in [0.717, 1.165) is 3.57 Å². The second kappa shape index (κ2) is 7.41. The number of carbonyl (C=O) groups is 1. The summed E-state index contributed by atoms with van der Waals surface area (Å²) in [6, 6.07) is 13.1. The number of halogens is 1. The fourth-order valence-corrected chi connectivity index (χ4v) is 3.72. The largest absolute Gasteiger partial charge is 0.322 e. The maximum Gasteiger partial charge on any atom is 0.255 e. The molecule has 2 aromatic carbocycles. The Labute approximate surface area is 149 Å². The van der Waals surface area contributed by atoms with Gasteiger partial charge in [0.15, 0.2) is 0 Å². The second-order valence-electron chi connectivity index (χ2n) is 5.26. The van der Waals surface area contributed by atoms with E-state index in [2.05, 4.69) is 32.6 Å². The highest BCUT2D eigenvalue weighted by molar-refractivity contribution is 14.1. The molecule has 23 heavy (non-hydrogen) atoms. The van der Waals surface area contributed by atoms with E-state index >= 15 is 0 Å². The number of nitrogens with one attached hydrogen (secondary N) is 2. The Bertz CT molecular complexity index is 802. The van der Waals surface area contributed by atoms with Crippen LogP contribution in [-0.4, -0.2) is 20.4 Å². The lowest BCUT2D eigenvalue weighted by Gasteiger charge is -2.10. The Morgan fingerprint density at radius 3 is 2.30 bits per heavy atom. The molecule has 1 amide bonds. The summed E-state index contributed by atoms with van der Waals surface area (Å²) in [5, 5.41) is 2.75. The van der Waals surface area contributed by atoms with Gasteiger partial charge >= 0.3 is 0 Å². The lowest BCUT2D eigenvalue weighted by atomic mass is 10.2. The number of sulfonamides is 1. The van der Waals surface area contributed by atoms with Gasteiger partial charge in [-0.3, -0.25) is 4.79 Å². The molecule has 7 heteroatoms. The van der Waals surface area contributed by atoms with E-state index in [-0.39, 0.29) is 16.8 Å². The van der Waals surface area contributed by atoms with E-state index in [1.807, 2.05) is 12.1 Å². The molecule has 2 aromatic rings. The van der Waals surface area contributed by atoms with Crippen LogP contribution in [0, 0.1) is 3.57 Å². The molecule has 0 saturated carbocycles. The summed E-state index contributed by atoms with van der Waals surface area (Å²) in [5.74, 6) is -0.237. The Morgan fingerprint density at radius 1 is 1.09 bits per heavy atom. The van der Waals surface area contributed by atoms with Gasteiger partial charge in [0.05, 0.1) is 4.90 Å². The number of rotatable bonds is 5. The van der Waals surface area contributed by atoms with Gasteiger partial charge in [0.1, 0.15) is 0 Å². The van der Waals surface area contributed by atoms with Crippen LogP contribution in [0.4, 0.5) is 5.69 Å². The van der Waals surface area contributed by atoms with Crippen molar-refractivity contribution in [2.24, 2.45) is 0 Å². The molecule has 0 atom stereocenters. The third-order valence-corrected chi connectivity index (χ3v) is 5.25. The lowest BCUT2D eigenvalue weighted by molar-refractivity contribution is 0.102. The highest BCUT2D eigenvalue weighted by atomic mass is 127. The molecule has 2 rings (SSSR count). The SMILES string of the molecule is CC(C)NS(=O)(=O)c1ccc(NC(=O)c2cccc(I)c2)cc1. The molecule has 0 fully saturated rings. The Hall–Kier alpha value is -1.45. The summed E-state index contributed by atoms with van der Waals surface area (Å²) >= 11 is 2.14. The summed E-state index contributed by atoms with van der Waals surface area (Å²) in [6.07, 6.45) is 0. The topological polar surface area (TPSA) is 75.3 Å². The van der Waals surface area contributed by atoms with Crippen molar-refractivity contribution in [2.75, 3.05) is 5.32 Å². The van der Waals surface area contributed by atoms with E-state index in [9.17, 15) is 13.2 Å². The smallest absolute Gasteiger partial charge is 0.255 e. The minimum Gasteiger partial charge on any atom is -0.322 e. The van der Waals surface area contributed by atoms with E-state index in [1.165, 1.54) is 12.1 Å². The zero-order chi connectivity index (χ0) is 17.0. The van der Waals surface area contributed by atoms with Gasteiger partial charge in [0.2, 0.25) is 10.0 Å². The second-order valence-corrected chi connectivity index (χ2v) is 8.22. The average molecular weight is 444 g/mol. The fourth-order valence-electron chi connectivity index (χ4n) is 1.93. The quantitative estimate of drug-likeness (QED) is 0.696. The van der Waals surface area contributed by atoms with Gasteiger partial charge in [-0.15, -0.1) is 0 Å². The zero-order valence-electron chi connectivity index (χ0n) is 12.7. The number of benzene rings is 2. The molecule has 0 heterocycles. The molecule has 0 unspecified atom stereocenters. The van der Waals surface area contributed by atoms with Crippen molar-refractivity contribution in [3.05, 3.63) is 57.7 Å². The summed E-state index contributed by atoms with van der Waals surface area (Å²) in [7, 11) is -3.53. The van der Waals surface area contributed by atoms with Gasteiger partial charge in [-0.2, -0.15) is 0 Å². The van der Waals surface area contributed by atoms with Crippen LogP contribution in [0.2, 0.25) is 0 Å². The fraction of sp³-hybridized carbons (Fsp3) is 0.188. The monoisotopic (exact) mass is 444 g/mol. The molecule has 122 valence electrons. The third kappa shape index (κ3) is 5.02.